The Bertz CT molecular complexity index is 405. The highest BCUT2D eigenvalue weighted by Gasteiger charge is 1.97. The average Bonchev–Trinajstić information content (AvgIpc) is 2.89. The molecular formula is C9H15N7. The van der Waals surface area contributed by atoms with Gasteiger partial charge in [-0.05, 0) is 12.8 Å². The molecule has 2 heterocycles. The van der Waals surface area contributed by atoms with E-state index in [9.17, 15) is 0 Å². The van der Waals surface area contributed by atoms with E-state index in [1.807, 2.05) is 12.5 Å². The van der Waals surface area contributed by atoms with E-state index >= 15 is 0 Å². The number of rotatable bonds is 6. The summed E-state index contributed by atoms with van der Waals surface area (Å²) >= 11 is 0. The highest BCUT2D eigenvalue weighted by molar-refractivity contribution is 5.29. The van der Waals surface area contributed by atoms with Gasteiger partial charge in [-0.1, -0.05) is 0 Å². The summed E-state index contributed by atoms with van der Waals surface area (Å²) < 4.78 is 2.06. The van der Waals surface area contributed by atoms with Crippen LogP contribution in [0.1, 0.15) is 12.8 Å². The van der Waals surface area contributed by atoms with E-state index in [1.54, 1.807) is 6.20 Å². The van der Waals surface area contributed by atoms with Crippen LogP contribution in [0.5, 0.6) is 0 Å². The van der Waals surface area contributed by atoms with Crippen LogP contribution in [-0.4, -0.2) is 31.3 Å². The van der Waals surface area contributed by atoms with Crippen molar-refractivity contribution in [3.05, 3.63) is 18.7 Å². The fraction of sp³-hybridized carbons (Fsp3) is 0.444. The number of nitrogens with zero attached hydrogens (tertiary/aromatic N) is 4. The van der Waals surface area contributed by atoms with E-state index in [2.05, 4.69) is 30.0 Å². The Hall–Kier alpha value is -2.05. The quantitative estimate of drug-likeness (QED) is 0.616. The van der Waals surface area contributed by atoms with Gasteiger partial charge >= 0.3 is 0 Å². The maximum Gasteiger partial charge on any atom is 0.243 e. The Morgan fingerprint density at radius 2 is 2.38 bits per heavy atom. The lowest BCUT2D eigenvalue weighted by Gasteiger charge is -2.02. The van der Waals surface area contributed by atoms with Crippen molar-refractivity contribution < 1.29 is 0 Å². The van der Waals surface area contributed by atoms with Crippen molar-refractivity contribution in [2.24, 2.45) is 0 Å². The molecule has 0 aliphatic carbocycles. The van der Waals surface area contributed by atoms with Gasteiger partial charge in [-0.25, -0.2) is 10.1 Å². The van der Waals surface area contributed by atoms with Crippen LogP contribution in [0.15, 0.2) is 18.7 Å². The molecule has 7 nitrogen and oxygen atoms in total. The van der Waals surface area contributed by atoms with Gasteiger partial charge in [0.1, 0.15) is 0 Å². The monoisotopic (exact) mass is 221 g/mol. The van der Waals surface area contributed by atoms with Gasteiger partial charge in [0.2, 0.25) is 11.9 Å². The topological polar surface area (TPSA) is 97.4 Å². The van der Waals surface area contributed by atoms with Crippen LogP contribution < -0.4 is 11.1 Å². The Morgan fingerprint density at radius 3 is 3.06 bits per heavy atom. The van der Waals surface area contributed by atoms with Gasteiger partial charge in [-0.2, -0.15) is 4.98 Å². The molecule has 0 aromatic carbocycles. The van der Waals surface area contributed by atoms with Gasteiger partial charge in [0.05, 0.1) is 6.33 Å². The summed E-state index contributed by atoms with van der Waals surface area (Å²) in [7, 11) is 0. The second kappa shape index (κ2) is 5.15. The van der Waals surface area contributed by atoms with Crippen molar-refractivity contribution in [1.29, 1.82) is 0 Å². The van der Waals surface area contributed by atoms with Gasteiger partial charge in [0.25, 0.3) is 0 Å². The van der Waals surface area contributed by atoms with E-state index in [0.717, 1.165) is 25.9 Å². The van der Waals surface area contributed by atoms with E-state index in [4.69, 9.17) is 5.73 Å². The molecular weight excluding hydrogens is 206 g/mol. The lowest BCUT2D eigenvalue weighted by molar-refractivity contribution is 0.620. The molecule has 7 heteroatoms. The van der Waals surface area contributed by atoms with Gasteiger partial charge in [-0.3, -0.25) is 0 Å². The number of aromatic amines is 1. The molecule has 0 unspecified atom stereocenters. The van der Waals surface area contributed by atoms with Crippen molar-refractivity contribution in [3.63, 3.8) is 0 Å². The molecule has 0 saturated heterocycles. The normalized spacial score (nSPS) is 10.5. The Labute approximate surface area is 93.1 Å². The molecule has 0 atom stereocenters. The van der Waals surface area contributed by atoms with Crippen molar-refractivity contribution in [2.45, 2.75) is 19.4 Å². The molecule has 0 spiro atoms. The summed E-state index contributed by atoms with van der Waals surface area (Å²) in [4.78, 5) is 7.92. The van der Waals surface area contributed by atoms with Gasteiger partial charge in [0, 0.05) is 25.5 Å². The third kappa shape index (κ3) is 2.97. The van der Waals surface area contributed by atoms with Crippen molar-refractivity contribution in [3.8, 4) is 0 Å². The summed E-state index contributed by atoms with van der Waals surface area (Å²) in [5.41, 5.74) is 5.39. The largest absolute Gasteiger partial charge is 0.368 e. The molecule has 0 fully saturated rings. The molecule has 0 radical (unpaired) electrons. The van der Waals surface area contributed by atoms with Crippen LogP contribution in [-0.2, 0) is 6.54 Å². The second-order valence-corrected chi connectivity index (χ2v) is 3.48. The minimum atomic E-state index is 0.334. The Kier molecular flexibility index (Phi) is 3.37. The number of nitrogen functional groups attached to an aromatic ring is 1. The highest BCUT2D eigenvalue weighted by Crippen LogP contribution is 2.00. The molecule has 0 aliphatic rings. The third-order valence-corrected chi connectivity index (χ3v) is 2.19. The zero-order valence-corrected chi connectivity index (χ0v) is 8.93. The molecule has 2 rings (SSSR count). The lowest BCUT2D eigenvalue weighted by atomic mass is 10.3. The van der Waals surface area contributed by atoms with Gasteiger partial charge in [0.15, 0.2) is 0 Å². The Morgan fingerprint density at radius 1 is 1.44 bits per heavy atom. The fourth-order valence-corrected chi connectivity index (χ4v) is 1.39. The van der Waals surface area contributed by atoms with Crippen molar-refractivity contribution in [2.75, 3.05) is 17.6 Å². The lowest BCUT2D eigenvalue weighted by Crippen LogP contribution is -2.05. The predicted octanol–water partition coefficient (Wildman–Crippen LogP) is 0.476. The predicted molar refractivity (Wildman–Crippen MR) is 60.7 cm³/mol. The van der Waals surface area contributed by atoms with Crippen LogP contribution in [0.4, 0.5) is 11.9 Å². The summed E-state index contributed by atoms with van der Waals surface area (Å²) in [5.74, 6) is 0.890. The molecule has 4 N–H and O–H groups in total. The average molecular weight is 221 g/mol. The number of nitrogens with one attached hydrogen (secondary N) is 2. The first-order chi connectivity index (χ1) is 7.84. The maximum absolute atomic E-state index is 5.39. The smallest absolute Gasteiger partial charge is 0.243 e. The van der Waals surface area contributed by atoms with Crippen LogP contribution in [0.2, 0.25) is 0 Å². The third-order valence-electron chi connectivity index (χ3n) is 2.19. The van der Waals surface area contributed by atoms with E-state index < -0.39 is 0 Å². The number of aryl methyl sites for hydroxylation is 1. The molecule has 0 bridgehead atoms. The van der Waals surface area contributed by atoms with Gasteiger partial charge in [-0.15, -0.1) is 5.10 Å². The van der Waals surface area contributed by atoms with E-state index in [0.29, 0.717) is 11.9 Å². The molecule has 2 aromatic heterocycles. The highest BCUT2D eigenvalue weighted by atomic mass is 15.3. The van der Waals surface area contributed by atoms with Crippen LogP contribution in [0.3, 0.4) is 0 Å². The summed E-state index contributed by atoms with van der Waals surface area (Å²) in [6.07, 6.45) is 7.71. The molecule has 0 aliphatic heterocycles. The minimum absolute atomic E-state index is 0.334. The SMILES string of the molecule is Nc1nc(NCCCCn2ccnc2)n[nH]1. The first-order valence-electron chi connectivity index (χ1n) is 5.22. The first kappa shape index (κ1) is 10.5. The molecule has 0 saturated carbocycles. The van der Waals surface area contributed by atoms with Gasteiger partial charge < -0.3 is 15.6 Å². The number of unbranched alkanes of at least 4 members (excludes halogenated alkanes) is 1. The summed E-state index contributed by atoms with van der Waals surface area (Å²) in [6, 6.07) is 0. The van der Waals surface area contributed by atoms with Crippen molar-refractivity contribution >= 4 is 11.9 Å². The number of imidazole rings is 1. The summed E-state index contributed by atoms with van der Waals surface area (Å²) in [6.45, 7) is 1.82. The van der Waals surface area contributed by atoms with Crippen molar-refractivity contribution in [1.82, 2.24) is 24.7 Å². The molecule has 86 valence electrons. The molecule has 2 aromatic rings. The Balaban J connectivity index is 1.59. The fourth-order valence-electron chi connectivity index (χ4n) is 1.39. The summed E-state index contributed by atoms with van der Waals surface area (Å²) in [5, 5.41) is 9.54. The number of hydrogen-bond donors (Lipinski definition) is 3. The number of H-pyrrole nitrogens is 1. The number of anilines is 2. The van der Waals surface area contributed by atoms with Crippen LogP contribution >= 0.6 is 0 Å². The number of nitrogens with two attached hydrogens (primary N) is 1. The number of aromatic nitrogens is 5. The van der Waals surface area contributed by atoms with E-state index in [-0.39, 0.29) is 0 Å². The number of hydrogen-bond acceptors (Lipinski definition) is 5. The molecule has 16 heavy (non-hydrogen) atoms. The standard InChI is InChI=1S/C9H15N7/c10-8-13-9(15-14-8)12-3-1-2-5-16-6-4-11-7-16/h4,6-7H,1-3,5H2,(H4,10,12,13,14,15). The molecule has 0 amide bonds. The second-order valence-electron chi connectivity index (χ2n) is 3.48. The zero-order valence-electron chi connectivity index (χ0n) is 8.93. The minimum Gasteiger partial charge on any atom is -0.368 e. The zero-order chi connectivity index (χ0) is 11.2. The first-order valence-corrected chi connectivity index (χ1v) is 5.22. The maximum atomic E-state index is 5.39. The van der Waals surface area contributed by atoms with Crippen LogP contribution in [0.25, 0.3) is 0 Å². The van der Waals surface area contributed by atoms with Crippen LogP contribution in [0, 0.1) is 0 Å². The van der Waals surface area contributed by atoms with E-state index in [1.165, 1.54) is 0 Å².